The zero-order valence-corrected chi connectivity index (χ0v) is 11.1. The lowest BCUT2D eigenvalue weighted by molar-refractivity contribution is 0.316. The van der Waals surface area contributed by atoms with Crippen molar-refractivity contribution in [3.05, 3.63) is 18.1 Å². The number of nitrogens with one attached hydrogen (secondary N) is 1. The van der Waals surface area contributed by atoms with Gasteiger partial charge in [0.2, 0.25) is 0 Å². The Morgan fingerprint density at radius 2 is 2.06 bits per heavy atom. The van der Waals surface area contributed by atoms with Crippen LogP contribution in [-0.4, -0.2) is 46.0 Å². The third-order valence-corrected chi connectivity index (χ3v) is 2.74. The molecule has 5 nitrogen and oxygen atoms in total. The number of aromatic nitrogens is 2. The van der Waals surface area contributed by atoms with E-state index in [4.69, 9.17) is 18.0 Å². The molecule has 0 spiro atoms. The summed E-state index contributed by atoms with van der Waals surface area (Å²) in [6, 6.07) is 0. The topological polar surface area (TPSA) is 67.1 Å². The summed E-state index contributed by atoms with van der Waals surface area (Å²) in [6.45, 7) is 8.27. The lowest BCUT2D eigenvalue weighted by Crippen LogP contribution is -2.28. The lowest BCUT2D eigenvalue weighted by Gasteiger charge is -2.18. The average molecular weight is 253 g/mol. The Bertz CT molecular complexity index is 347. The monoisotopic (exact) mass is 253 g/mol. The molecule has 0 fully saturated rings. The van der Waals surface area contributed by atoms with Gasteiger partial charge in [0.15, 0.2) is 0 Å². The second kappa shape index (κ2) is 7.13. The van der Waals surface area contributed by atoms with Crippen molar-refractivity contribution < 1.29 is 0 Å². The van der Waals surface area contributed by atoms with Crippen molar-refractivity contribution in [2.24, 2.45) is 5.73 Å². The molecule has 1 rings (SSSR count). The van der Waals surface area contributed by atoms with Gasteiger partial charge < -0.3 is 16.0 Å². The molecule has 0 amide bonds. The van der Waals surface area contributed by atoms with Gasteiger partial charge in [-0.3, -0.25) is 0 Å². The molecule has 0 aliphatic carbocycles. The van der Waals surface area contributed by atoms with Crippen molar-refractivity contribution in [3.8, 4) is 0 Å². The Balaban J connectivity index is 2.39. The van der Waals surface area contributed by atoms with Crippen LogP contribution in [0.25, 0.3) is 0 Å². The van der Waals surface area contributed by atoms with Gasteiger partial charge in [-0.1, -0.05) is 26.1 Å². The van der Waals surface area contributed by atoms with Crippen LogP contribution in [0.15, 0.2) is 12.4 Å². The largest absolute Gasteiger partial charge is 0.388 e. The summed E-state index contributed by atoms with van der Waals surface area (Å²) in [5.41, 5.74) is 5.99. The Hall–Kier alpha value is -1.27. The molecule has 6 heteroatoms. The van der Waals surface area contributed by atoms with Gasteiger partial charge in [-0.15, -0.1) is 0 Å². The number of hydrogen-bond donors (Lipinski definition) is 2. The predicted molar refractivity (Wildman–Crippen MR) is 74.2 cm³/mol. The summed E-state index contributed by atoms with van der Waals surface area (Å²) < 4.78 is 0. The molecule has 0 aliphatic rings. The normalized spacial score (nSPS) is 10.5. The molecule has 17 heavy (non-hydrogen) atoms. The standard InChI is InChI=1S/C11H19N5S/c1-3-16(4-2)6-5-13-10-8-14-9(7-15-10)11(12)17/h7-8H,3-6H2,1-2H3,(H2,12,17)(H,13,15). The maximum Gasteiger partial charge on any atom is 0.144 e. The van der Waals surface area contributed by atoms with Crippen molar-refractivity contribution in [2.45, 2.75) is 13.8 Å². The fraction of sp³-hybridized carbons (Fsp3) is 0.545. The highest BCUT2D eigenvalue weighted by atomic mass is 32.1. The highest BCUT2D eigenvalue weighted by molar-refractivity contribution is 7.80. The van der Waals surface area contributed by atoms with E-state index in [1.54, 1.807) is 12.4 Å². The SMILES string of the molecule is CCN(CC)CCNc1cnc(C(N)=S)cn1. The van der Waals surface area contributed by atoms with Gasteiger partial charge in [-0.05, 0) is 13.1 Å². The molecule has 0 radical (unpaired) electrons. The molecule has 1 aromatic rings. The average Bonchev–Trinajstić information content (AvgIpc) is 2.35. The Labute approximate surface area is 107 Å². The van der Waals surface area contributed by atoms with Crippen LogP contribution in [0, 0.1) is 0 Å². The molecule has 3 N–H and O–H groups in total. The van der Waals surface area contributed by atoms with E-state index in [2.05, 4.69) is 34.0 Å². The van der Waals surface area contributed by atoms with E-state index in [1.807, 2.05) is 0 Å². The molecule has 0 saturated heterocycles. The number of nitrogens with zero attached hydrogens (tertiary/aromatic N) is 3. The molecule has 0 atom stereocenters. The molecule has 0 aromatic carbocycles. The molecule has 1 heterocycles. The molecular weight excluding hydrogens is 234 g/mol. The number of anilines is 1. The second-order valence-corrected chi connectivity index (χ2v) is 4.04. The predicted octanol–water partition coefficient (Wildman–Crippen LogP) is 0.864. The quantitative estimate of drug-likeness (QED) is 0.703. The van der Waals surface area contributed by atoms with Gasteiger partial charge in [-0.2, -0.15) is 0 Å². The number of likely N-dealkylation sites (N-methyl/N-ethyl adjacent to an activating group) is 1. The van der Waals surface area contributed by atoms with E-state index < -0.39 is 0 Å². The van der Waals surface area contributed by atoms with Crippen molar-refractivity contribution in [3.63, 3.8) is 0 Å². The molecular formula is C11H19N5S. The molecule has 94 valence electrons. The summed E-state index contributed by atoms with van der Waals surface area (Å²) in [7, 11) is 0. The molecule has 1 aromatic heterocycles. The van der Waals surface area contributed by atoms with Crippen LogP contribution < -0.4 is 11.1 Å². The van der Waals surface area contributed by atoms with Gasteiger partial charge in [0, 0.05) is 13.1 Å². The minimum atomic E-state index is 0.271. The van der Waals surface area contributed by atoms with Crippen molar-refractivity contribution >= 4 is 23.0 Å². The zero-order chi connectivity index (χ0) is 12.7. The second-order valence-electron chi connectivity index (χ2n) is 3.60. The first-order chi connectivity index (χ1) is 8.17. The fourth-order valence-electron chi connectivity index (χ4n) is 1.43. The van der Waals surface area contributed by atoms with Crippen molar-refractivity contribution in [1.29, 1.82) is 0 Å². The minimum absolute atomic E-state index is 0.271. The van der Waals surface area contributed by atoms with Crippen LogP contribution >= 0.6 is 12.2 Å². The number of nitrogens with two attached hydrogens (primary N) is 1. The van der Waals surface area contributed by atoms with E-state index in [0.29, 0.717) is 5.69 Å². The third kappa shape index (κ3) is 4.62. The van der Waals surface area contributed by atoms with Crippen LogP contribution in [0.1, 0.15) is 19.5 Å². The minimum Gasteiger partial charge on any atom is -0.388 e. The van der Waals surface area contributed by atoms with E-state index in [-0.39, 0.29) is 4.99 Å². The summed E-state index contributed by atoms with van der Waals surface area (Å²) in [5, 5.41) is 3.21. The van der Waals surface area contributed by atoms with E-state index in [1.165, 1.54) is 0 Å². The number of rotatable bonds is 7. The van der Waals surface area contributed by atoms with Crippen LogP contribution in [0.3, 0.4) is 0 Å². The number of hydrogen-bond acceptors (Lipinski definition) is 5. The lowest BCUT2D eigenvalue weighted by atomic mass is 10.4. The van der Waals surface area contributed by atoms with Crippen LogP contribution in [0.5, 0.6) is 0 Å². The van der Waals surface area contributed by atoms with Crippen molar-refractivity contribution in [2.75, 3.05) is 31.5 Å². The van der Waals surface area contributed by atoms with Crippen LogP contribution in [-0.2, 0) is 0 Å². The third-order valence-electron chi connectivity index (χ3n) is 2.53. The molecule has 0 bridgehead atoms. The first-order valence-electron chi connectivity index (χ1n) is 5.75. The Kier molecular flexibility index (Phi) is 5.79. The van der Waals surface area contributed by atoms with Gasteiger partial charge in [0.05, 0.1) is 12.4 Å². The summed E-state index contributed by atoms with van der Waals surface area (Å²) in [5.74, 6) is 0.747. The molecule has 0 aliphatic heterocycles. The van der Waals surface area contributed by atoms with Gasteiger partial charge in [-0.25, -0.2) is 9.97 Å². The summed E-state index contributed by atoms with van der Waals surface area (Å²) >= 11 is 4.81. The van der Waals surface area contributed by atoms with Crippen molar-refractivity contribution in [1.82, 2.24) is 14.9 Å². The summed E-state index contributed by atoms with van der Waals surface area (Å²) in [4.78, 5) is 10.9. The maximum atomic E-state index is 5.44. The first kappa shape index (κ1) is 13.8. The van der Waals surface area contributed by atoms with E-state index in [9.17, 15) is 0 Å². The number of thiocarbonyl (C=S) groups is 1. The van der Waals surface area contributed by atoms with E-state index >= 15 is 0 Å². The highest BCUT2D eigenvalue weighted by Gasteiger charge is 2.01. The summed E-state index contributed by atoms with van der Waals surface area (Å²) in [6.07, 6.45) is 3.23. The van der Waals surface area contributed by atoms with Crippen LogP contribution in [0.2, 0.25) is 0 Å². The van der Waals surface area contributed by atoms with Crippen LogP contribution in [0.4, 0.5) is 5.82 Å². The van der Waals surface area contributed by atoms with E-state index in [0.717, 1.165) is 32.0 Å². The Morgan fingerprint density at radius 3 is 2.53 bits per heavy atom. The molecule has 0 unspecified atom stereocenters. The highest BCUT2D eigenvalue weighted by Crippen LogP contribution is 2.00. The maximum absolute atomic E-state index is 5.44. The molecule has 0 saturated carbocycles. The fourth-order valence-corrected chi connectivity index (χ4v) is 1.53. The van der Waals surface area contributed by atoms with Gasteiger partial charge in [0.1, 0.15) is 16.5 Å². The Morgan fingerprint density at radius 1 is 1.35 bits per heavy atom. The first-order valence-corrected chi connectivity index (χ1v) is 6.16. The van der Waals surface area contributed by atoms with Gasteiger partial charge in [0.25, 0.3) is 0 Å². The zero-order valence-electron chi connectivity index (χ0n) is 10.3. The smallest absolute Gasteiger partial charge is 0.144 e. The van der Waals surface area contributed by atoms with Gasteiger partial charge >= 0.3 is 0 Å².